The maximum Gasteiger partial charge on any atom is 0.339 e. The van der Waals surface area contributed by atoms with Gasteiger partial charge in [-0.2, -0.15) is 0 Å². The number of rotatable bonds is 10. The molecule has 0 saturated carbocycles. The lowest BCUT2D eigenvalue weighted by Gasteiger charge is -2.30. The van der Waals surface area contributed by atoms with Crippen LogP contribution < -0.4 is 0 Å². The first-order valence-corrected chi connectivity index (χ1v) is 13.4. The molecule has 3 aromatic rings. The van der Waals surface area contributed by atoms with Crippen molar-refractivity contribution >= 4 is 40.0 Å². The van der Waals surface area contributed by atoms with Crippen LogP contribution in [0.5, 0.6) is 0 Å². The zero-order chi connectivity index (χ0) is 21.7. The molecule has 1 fully saturated rings. The Morgan fingerprint density at radius 2 is 1.65 bits per heavy atom. The van der Waals surface area contributed by atoms with Gasteiger partial charge in [0.1, 0.15) is 6.54 Å². The van der Waals surface area contributed by atoms with Gasteiger partial charge in [-0.25, -0.2) is 4.79 Å². The third-order valence-corrected chi connectivity index (χ3v) is 8.77. The largest absolute Gasteiger partial charge is 0.454 e. The first kappa shape index (κ1) is 22.7. The molecule has 0 radical (unpaired) electrons. The summed E-state index contributed by atoms with van der Waals surface area (Å²) in [5.74, 6) is -0.480. The Morgan fingerprint density at radius 1 is 1.06 bits per heavy atom. The zero-order valence-corrected chi connectivity index (χ0v) is 20.3. The average Bonchev–Trinajstić information content (AvgIpc) is 3.51. The molecule has 1 aliphatic rings. The molecule has 31 heavy (non-hydrogen) atoms. The minimum Gasteiger partial charge on any atom is -0.454 e. The van der Waals surface area contributed by atoms with E-state index in [1.54, 1.807) is 22.7 Å². The number of likely N-dealkylation sites (tertiary alicyclic amines) is 1. The maximum atomic E-state index is 13.2. The van der Waals surface area contributed by atoms with Gasteiger partial charge in [0.15, 0.2) is 11.7 Å². The SMILES string of the molecule is C[N+]1(CCCc2cccs2)CCC(OC(=O)C(O)(Cc2cccs2)Cc2cccs2)C1. The van der Waals surface area contributed by atoms with Crippen LogP contribution in [0.1, 0.15) is 27.5 Å². The number of hydrogen-bond acceptors (Lipinski definition) is 6. The van der Waals surface area contributed by atoms with Gasteiger partial charge in [-0.1, -0.05) is 18.2 Å². The van der Waals surface area contributed by atoms with Crippen LogP contribution in [-0.2, 0) is 28.8 Å². The summed E-state index contributed by atoms with van der Waals surface area (Å²) >= 11 is 4.94. The lowest BCUT2D eigenvalue weighted by atomic mass is 9.93. The summed E-state index contributed by atoms with van der Waals surface area (Å²) in [5, 5.41) is 17.5. The third-order valence-electron chi connectivity index (χ3n) is 6.08. The van der Waals surface area contributed by atoms with Crippen molar-refractivity contribution in [3.63, 3.8) is 0 Å². The van der Waals surface area contributed by atoms with Gasteiger partial charge >= 0.3 is 5.97 Å². The summed E-state index contributed by atoms with van der Waals surface area (Å²) in [7, 11) is 2.26. The normalized spacial score (nSPS) is 21.4. The number of aryl methyl sites for hydroxylation is 1. The number of ether oxygens (including phenoxy) is 1. The minimum atomic E-state index is -1.53. The van der Waals surface area contributed by atoms with Gasteiger partial charge in [-0.05, 0) is 40.8 Å². The van der Waals surface area contributed by atoms with Crippen molar-refractivity contribution in [1.82, 2.24) is 0 Å². The van der Waals surface area contributed by atoms with E-state index in [0.29, 0.717) is 12.8 Å². The topological polar surface area (TPSA) is 46.5 Å². The average molecular weight is 477 g/mol. The molecule has 4 rings (SSSR count). The Kier molecular flexibility index (Phi) is 7.29. The van der Waals surface area contributed by atoms with Crippen molar-refractivity contribution in [3.05, 3.63) is 67.2 Å². The van der Waals surface area contributed by atoms with E-state index in [0.717, 1.165) is 53.1 Å². The standard InChI is InChI=1S/C24H30NO3S3/c1-25(11-2-6-20-7-3-13-29-20)12-10-19(18-25)28-23(26)24(27,16-21-8-4-14-30-21)17-22-9-5-15-31-22/h3-5,7-9,13-15,19,27H,2,6,10-12,16-18H2,1H3/q+1. The molecule has 1 saturated heterocycles. The maximum absolute atomic E-state index is 13.2. The highest BCUT2D eigenvalue weighted by atomic mass is 32.1. The summed E-state index contributed by atoms with van der Waals surface area (Å²) in [5.41, 5.74) is -1.53. The van der Waals surface area contributed by atoms with E-state index in [4.69, 9.17) is 4.74 Å². The summed E-state index contributed by atoms with van der Waals surface area (Å²) in [6, 6.07) is 12.1. The molecule has 1 N–H and O–H groups in total. The Hall–Kier alpha value is -1.51. The fourth-order valence-electron chi connectivity index (χ4n) is 4.39. The fourth-order valence-corrected chi connectivity index (χ4v) is 6.76. The van der Waals surface area contributed by atoms with Crippen LogP contribution in [0.4, 0.5) is 0 Å². The van der Waals surface area contributed by atoms with Crippen LogP contribution in [0.15, 0.2) is 52.5 Å². The number of esters is 1. The zero-order valence-electron chi connectivity index (χ0n) is 17.9. The second-order valence-electron chi connectivity index (χ2n) is 8.79. The van der Waals surface area contributed by atoms with E-state index in [1.807, 2.05) is 46.4 Å². The number of aliphatic hydroxyl groups is 1. The molecule has 4 nitrogen and oxygen atoms in total. The minimum absolute atomic E-state index is 0.127. The third kappa shape index (κ3) is 6.05. The van der Waals surface area contributed by atoms with Gasteiger partial charge in [0.05, 0.1) is 20.1 Å². The summed E-state index contributed by atoms with van der Waals surface area (Å²) in [4.78, 5) is 16.6. The molecular weight excluding hydrogens is 446 g/mol. The van der Waals surface area contributed by atoms with Crippen LogP contribution in [0, 0.1) is 0 Å². The van der Waals surface area contributed by atoms with Crippen LogP contribution in [0.3, 0.4) is 0 Å². The molecular formula is C24H30NO3S3+. The fraction of sp³-hybridized carbons (Fsp3) is 0.458. The molecule has 0 amide bonds. The number of hydrogen-bond donors (Lipinski definition) is 1. The number of carbonyl (C=O) groups is 1. The van der Waals surface area contributed by atoms with Crippen molar-refractivity contribution in [2.75, 3.05) is 26.7 Å². The van der Waals surface area contributed by atoms with Crippen molar-refractivity contribution in [1.29, 1.82) is 0 Å². The highest BCUT2D eigenvalue weighted by Crippen LogP contribution is 2.28. The van der Waals surface area contributed by atoms with Crippen LogP contribution in [0.2, 0.25) is 0 Å². The molecule has 3 aromatic heterocycles. The van der Waals surface area contributed by atoms with Crippen molar-refractivity contribution < 1.29 is 19.1 Å². The predicted octanol–water partition coefficient (Wildman–Crippen LogP) is 4.78. The number of quaternary nitrogens is 1. The van der Waals surface area contributed by atoms with E-state index >= 15 is 0 Å². The van der Waals surface area contributed by atoms with Gasteiger partial charge in [-0.15, -0.1) is 34.0 Å². The summed E-state index contributed by atoms with van der Waals surface area (Å²) in [6.07, 6.45) is 3.56. The first-order valence-electron chi connectivity index (χ1n) is 10.8. The van der Waals surface area contributed by atoms with E-state index < -0.39 is 11.6 Å². The van der Waals surface area contributed by atoms with E-state index in [9.17, 15) is 9.90 Å². The van der Waals surface area contributed by atoms with Crippen molar-refractivity contribution in [2.45, 2.75) is 43.8 Å². The smallest absolute Gasteiger partial charge is 0.339 e. The lowest BCUT2D eigenvalue weighted by Crippen LogP contribution is -2.47. The Labute approximate surface area is 196 Å². The number of carbonyl (C=O) groups excluding carboxylic acids is 1. The van der Waals surface area contributed by atoms with Gasteiger partial charge in [0.25, 0.3) is 0 Å². The van der Waals surface area contributed by atoms with Crippen LogP contribution in [0.25, 0.3) is 0 Å². The molecule has 0 spiro atoms. The molecule has 2 unspecified atom stereocenters. The van der Waals surface area contributed by atoms with Crippen LogP contribution in [-0.4, -0.2) is 53.9 Å². The molecule has 0 aromatic carbocycles. The monoisotopic (exact) mass is 476 g/mol. The summed E-state index contributed by atoms with van der Waals surface area (Å²) < 4.78 is 6.86. The van der Waals surface area contributed by atoms with Gasteiger partial charge in [0, 0.05) is 40.3 Å². The second kappa shape index (κ2) is 9.96. The van der Waals surface area contributed by atoms with Crippen molar-refractivity contribution in [2.24, 2.45) is 0 Å². The van der Waals surface area contributed by atoms with E-state index in [-0.39, 0.29) is 6.10 Å². The molecule has 7 heteroatoms. The second-order valence-corrected chi connectivity index (χ2v) is 11.9. The molecule has 0 bridgehead atoms. The van der Waals surface area contributed by atoms with E-state index in [1.165, 1.54) is 4.88 Å². The Morgan fingerprint density at radius 3 is 2.19 bits per heavy atom. The van der Waals surface area contributed by atoms with Gasteiger partial charge in [0.2, 0.25) is 0 Å². The first-order chi connectivity index (χ1) is 14.9. The number of likely N-dealkylation sites (N-methyl/N-ethyl adjacent to an activating group) is 1. The molecule has 1 aliphatic heterocycles. The Balaban J connectivity index is 1.35. The van der Waals surface area contributed by atoms with Gasteiger partial charge < -0.3 is 14.3 Å². The highest BCUT2D eigenvalue weighted by molar-refractivity contribution is 7.10. The molecule has 166 valence electrons. The lowest BCUT2D eigenvalue weighted by molar-refractivity contribution is -0.899. The number of thiophene rings is 3. The number of nitrogens with zero attached hydrogens (tertiary/aromatic N) is 1. The molecule has 4 heterocycles. The highest BCUT2D eigenvalue weighted by Gasteiger charge is 2.43. The molecule has 2 atom stereocenters. The Bertz CT molecular complexity index is 901. The van der Waals surface area contributed by atoms with Crippen molar-refractivity contribution in [3.8, 4) is 0 Å². The van der Waals surface area contributed by atoms with Crippen LogP contribution >= 0.6 is 34.0 Å². The predicted molar refractivity (Wildman–Crippen MR) is 129 cm³/mol. The summed E-state index contributed by atoms with van der Waals surface area (Å²) in [6.45, 7) is 2.92. The van der Waals surface area contributed by atoms with E-state index in [2.05, 4.69) is 24.6 Å². The quantitative estimate of drug-likeness (QED) is 0.338. The van der Waals surface area contributed by atoms with Gasteiger partial charge in [-0.3, -0.25) is 0 Å². The molecule has 0 aliphatic carbocycles.